The summed E-state index contributed by atoms with van der Waals surface area (Å²) in [6, 6.07) is 5.79. The molecule has 1 unspecified atom stereocenters. The second-order valence-corrected chi connectivity index (χ2v) is 9.63. The zero-order chi connectivity index (χ0) is 18.3. The van der Waals surface area contributed by atoms with Crippen molar-refractivity contribution in [3.05, 3.63) is 41.5 Å². The molecule has 0 N–H and O–H groups in total. The number of hydrogen-bond acceptors (Lipinski definition) is 4. The van der Waals surface area contributed by atoms with Gasteiger partial charge in [-0.2, -0.15) is 4.31 Å². The Kier molecular flexibility index (Phi) is 4.61. The monoisotopic (exact) mass is 374 g/mol. The third-order valence-corrected chi connectivity index (χ3v) is 7.46. The number of fused-ring (bicyclic) bond motifs is 1. The molecule has 1 saturated heterocycles. The SMILES string of the molecule is CC(C)c1nncn1C1CCN(S(=O)(=O)c2ccc3c(c2)CCCC3)C1. The lowest BCUT2D eigenvalue weighted by molar-refractivity contribution is 0.443. The van der Waals surface area contributed by atoms with E-state index in [-0.39, 0.29) is 12.0 Å². The van der Waals surface area contributed by atoms with Crippen molar-refractivity contribution in [2.45, 2.75) is 62.8 Å². The van der Waals surface area contributed by atoms with Gasteiger partial charge in [0.1, 0.15) is 12.2 Å². The van der Waals surface area contributed by atoms with Crippen molar-refractivity contribution in [3.63, 3.8) is 0 Å². The summed E-state index contributed by atoms with van der Waals surface area (Å²) in [5, 5.41) is 8.23. The molecule has 7 heteroatoms. The summed E-state index contributed by atoms with van der Waals surface area (Å²) >= 11 is 0. The first-order chi connectivity index (χ1) is 12.5. The summed E-state index contributed by atoms with van der Waals surface area (Å²) in [5.74, 6) is 1.19. The highest BCUT2D eigenvalue weighted by molar-refractivity contribution is 7.89. The van der Waals surface area contributed by atoms with Crippen molar-refractivity contribution >= 4 is 10.0 Å². The van der Waals surface area contributed by atoms with E-state index in [1.165, 1.54) is 17.5 Å². The van der Waals surface area contributed by atoms with Gasteiger partial charge in [-0.1, -0.05) is 19.9 Å². The highest BCUT2D eigenvalue weighted by Crippen LogP contribution is 2.31. The second kappa shape index (κ2) is 6.78. The molecule has 0 spiro atoms. The normalized spacial score (nSPS) is 21.3. The molecule has 4 rings (SSSR count). The second-order valence-electron chi connectivity index (χ2n) is 7.69. The van der Waals surface area contributed by atoms with Crippen molar-refractivity contribution in [2.24, 2.45) is 0 Å². The summed E-state index contributed by atoms with van der Waals surface area (Å²) in [5.41, 5.74) is 2.51. The Hall–Kier alpha value is -1.73. The Balaban J connectivity index is 1.57. The molecule has 26 heavy (non-hydrogen) atoms. The Morgan fingerprint density at radius 3 is 2.69 bits per heavy atom. The first-order valence-corrected chi connectivity index (χ1v) is 10.9. The molecule has 0 radical (unpaired) electrons. The number of nitrogens with zero attached hydrogens (tertiary/aromatic N) is 4. The van der Waals surface area contributed by atoms with E-state index in [9.17, 15) is 8.42 Å². The van der Waals surface area contributed by atoms with Crippen molar-refractivity contribution in [2.75, 3.05) is 13.1 Å². The average molecular weight is 375 g/mol. The van der Waals surface area contributed by atoms with E-state index in [1.54, 1.807) is 16.7 Å². The molecule has 0 saturated carbocycles. The highest BCUT2D eigenvalue weighted by atomic mass is 32.2. The number of rotatable bonds is 4. The minimum absolute atomic E-state index is 0.106. The third-order valence-electron chi connectivity index (χ3n) is 5.59. The van der Waals surface area contributed by atoms with Gasteiger partial charge in [0.15, 0.2) is 0 Å². The molecular weight excluding hydrogens is 348 g/mol. The van der Waals surface area contributed by atoms with Crippen LogP contribution in [0.1, 0.15) is 62.0 Å². The molecule has 2 aliphatic rings. The van der Waals surface area contributed by atoms with Crippen molar-refractivity contribution < 1.29 is 8.42 Å². The Labute approximate surface area is 155 Å². The van der Waals surface area contributed by atoms with Crippen LogP contribution in [0.15, 0.2) is 29.4 Å². The smallest absolute Gasteiger partial charge is 0.243 e. The topological polar surface area (TPSA) is 68.1 Å². The molecule has 1 fully saturated rings. The van der Waals surface area contributed by atoms with Gasteiger partial charge in [0, 0.05) is 19.0 Å². The summed E-state index contributed by atoms with van der Waals surface area (Å²) in [4.78, 5) is 0.437. The van der Waals surface area contributed by atoms with Crippen LogP contribution in [0.4, 0.5) is 0 Å². The van der Waals surface area contributed by atoms with E-state index in [4.69, 9.17) is 0 Å². The van der Waals surface area contributed by atoms with Crippen LogP contribution in [0, 0.1) is 0 Å². The van der Waals surface area contributed by atoms with Crippen LogP contribution in [0.2, 0.25) is 0 Å². The summed E-state index contributed by atoms with van der Waals surface area (Å²) in [6.45, 7) is 5.19. The Bertz CT molecular complexity index is 904. The van der Waals surface area contributed by atoms with Gasteiger partial charge in [0.05, 0.1) is 10.9 Å². The van der Waals surface area contributed by atoms with E-state index in [0.717, 1.165) is 31.5 Å². The summed E-state index contributed by atoms with van der Waals surface area (Å²) in [7, 11) is -3.45. The fourth-order valence-electron chi connectivity index (χ4n) is 4.12. The Morgan fingerprint density at radius 1 is 1.15 bits per heavy atom. The largest absolute Gasteiger partial charge is 0.313 e. The molecule has 1 atom stereocenters. The average Bonchev–Trinajstić information content (AvgIpc) is 3.30. The molecule has 0 bridgehead atoms. The Morgan fingerprint density at radius 2 is 1.92 bits per heavy atom. The maximum atomic E-state index is 13.1. The quantitative estimate of drug-likeness (QED) is 0.825. The zero-order valence-electron chi connectivity index (χ0n) is 15.4. The van der Waals surface area contributed by atoms with Crippen LogP contribution < -0.4 is 0 Å². The van der Waals surface area contributed by atoms with Gasteiger partial charge in [-0.3, -0.25) is 0 Å². The van der Waals surface area contributed by atoms with Gasteiger partial charge in [-0.25, -0.2) is 8.42 Å². The van der Waals surface area contributed by atoms with Crippen LogP contribution in [0.25, 0.3) is 0 Å². The fraction of sp³-hybridized carbons (Fsp3) is 0.579. The van der Waals surface area contributed by atoms with Crippen LogP contribution in [0.5, 0.6) is 0 Å². The summed E-state index contributed by atoms with van der Waals surface area (Å²) < 4.78 is 29.9. The van der Waals surface area contributed by atoms with Crippen molar-refractivity contribution in [1.82, 2.24) is 19.1 Å². The lowest BCUT2D eigenvalue weighted by Crippen LogP contribution is -2.29. The molecule has 140 valence electrons. The minimum Gasteiger partial charge on any atom is -0.313 e. The first-order valence-electron chi connectivity index (χ1n) is 9.48. The van der Waals surface area contributed by atoms with Gasteiger partial charge >= 0.3 is 0 Å². The molecule has 1 aliphatic heterocycles. The van der Waals surface area contributed by atoms with Crippen LogP contribution in [-0.4, -0.2) is 40.6 Å². The summed E-state index contributed by atoms with van der Waals surface area (Å²) in [6.07, 6.45) is 6.92. The van der Waals surface area contributed by atoms with E-state index < -0.39 is 10.0 Å². The van der Waals surface area contributed by atoms with Gasteiger partial charge < -0.3 is 4.57 Å². The van der Waals surface area contributed by atoms with Crippen LogP contribution in [0.3, 0.4) is 0 Å². The number of sulfonamides is 1. The van der Waals surface area contributed by atoms with Crippen LogP contribution in [-0.2, 0) is 22.9 Å². The minimum atomic E-state index is -3.45. The number of aryl methyl sites for hydroxylation is 2. The molecule has 0 amide bonds. The number of benzene rings is 1. The number of hydrogen-bond donors (Lipinski definition) is 0. The van der Waals surface area contributed by atoms with Crippen molar-refractivity contribution in [1.29, 1.82) is 0 Å². The standard InChI is InChI=1S/C19H26N4O2S/c1-14(2)19-21-20-13-23(19)17-9-10-22(12-17)26(24,25)18-8-7-15-5-3-4-6-16(15)11-18/h7-8,11,13-14,17H,3-6,9-10,12H2,1-2H3. The lowest BCUT2D eigenvalue weighted by Gasteiger charge is -2.21. The molecule has 1 aliphatic carbocycles. The molecule has 1 aromatic heterocycles. The molecule has 2 aromatic rings. The molecule has 2 heterocycles. The maximum absolute atomic E-state index is 13.1. The van der Waals surface area contributed by atoms with E-state index in [0.29, 0.717) is 18.0 Å². The van der Waals surface area contributed by atoms with Crippen molar-refractivity contribution in [3.8, 4) is 0 Å². The van der Waals surface area contributed by atoms with Gasteiger partial charge in [0.25, 0.3) is 0 Å². The van der Waals surface area contributed by atoms with Gasteiger partial charge in [0.2, 0.25) is 10.0 Å². The van der Waals surface area contributed by atoms with E-state index in [2.05, 4.69) is 24.0 Å². The number of aromatic nitrogens is 3. The third kappa shape index (κ3) is 3.07. The van der Waals surface area contributed by atoms with E-state index in [1.807, 2.05) is 16.7 Å². The van der Waals surface area contributed by atoms with E-state index >= 15 is 0 Å². The lowest BCUT2D eigenvalue weighted by atomic mass is 9.92. The maximum Gasteiger partial charge on any atom is 0.243 e. The zero-order valence-corrected chi connectivity index (χ0v) is 16.2. The van der Waals surface area contributed by atoms with Crippen LogP contribution >= 0.6 is 0 Å². The first kappa shape index (κ1) is 17.7. The highest BCUT2D eigenvalue weighted by Gasteiger charge is 2.34. The molecular formula is C19H26N4O2S. The predicted molar refractivity (Wildman–Crippen MR) is 99.6 cm³/mol. The van der Waals surface area contributed by atoms with Gasteiger partial charge in [-0.15, -0.1) is 10.2 Å². The predicted octanol–water partition coefficient (Wildman–Crippen LogP) is 2.92. The van der Waals surface area contributed by atoms with Gasteiger partial charge in [-0.05, 0) is 55.4 Å². The molecule has 6 nitrogen and oxygen atoms in total. The molecule has 1 aromatic carbocycles. The fourth-order valence-corrected chi connectivity index (χ4v) is 5.67.